The fourth-order valence-corrected chi connectivity index (χ4v) is 4.66. The summed E-state index contributed by atoms with van der Waals surface area (Å²) < 4.78 is 55.4. The summed E-state index contributed by atoms with van der Waals surface area (Å²) in [5.41, 5.74) is 0.532. The lowest BCUT2D eigenvalue weighted by Crippen LogP contribution is -2.38. The smallest absolute Gasteiger partial charge is 0.264 e. The predicted molar refractivity (Wildman–Crippen MR) is 119 cm³/mol. The van der Waals surface area contributed by atoms with Gasteiger partial charge >= 0.3 is 0 Å². The highest BCUT2D eigenvalue weighted by molar-refractivity contribution is 7.98. The zero-order valence-electron chi connectivity index (χ0n) is 16.8. The summed E-state index contributed by atoms with van der Waals surface area (Å²) in [5, 5.41) is 2.13. The first kappa shape index (κ1) is 22.8. The molecule has 1 amide bonds. The van der Waals surface area contributed by atoms with Gasteiger partial charge < -0.3 is 5.32 Å². The molecule has 162 valence electrons. The van der Waals surface area contributed by atoms with E-state index in [-0.39, 0.29) is 10.6 Å². The van der Waals surface area contributed by atoms with E-state index in [1.165, 1.54) is 30.0 Å². The van der Waals surface area contributed by atoms with Gasteiger partial charge in [0.25, 0.3) is 10.0 Å². The third kappa shape index (κ3) is 5.23. The molecule has 0 radical (unpaired) electrons. The van der Waals surface area contributed by atoms with E-state index in [2.05, 4.69) is 5.32 Å². The Morgan fingerprint density at radius 1 is 0.968 bits per heavy atom. The number of halogens is 2. The largest absolute Gasteiger partial charge is 0.320 e. The molecule has 0 aliphatic heterocycles. The van der Waals surface area contributed by atoms with E-state index < -0.39 is 39.8 Å². The van der Waals surface area contributed by atoms with Crippen molar-refractivity contribution in [3.8, 4) is 0 Å². The Morgan fingerprint density at radius 3 is 2.10 bits per heavy atom. The zero-order valence-corrected chi connectivity index (χ0v) is 18.4. The molecule has 3 aromatic rings. The van der Waals surface area contributed by atoms with Crippen LogP contribution < -0.4 is 9.62 Å². The van der Waals surface area contributed by atoms with Gasteiger partial charge in [-0.1, -0.05) is 23.8 Å². The molecule has 3 rings (SSSR count). The fourth-order valence-electron chi connectivity index (χ4n) is 2.83. The maximum atomic E-state index is 13.9. The number of carbonyl (C=O) groups is 1. The molecule has 1 N–H and O–H groups in total. The number of hydrogen-bond donors (Lipinski definition) is 1. The molecule has 31 heavy (non-hydrogen) atoms. The Hall–Kier alpha value is -2.91. The molecule has 0 saturated carbocycles. The normalized spacial score (nSPS) is 11.2. The van der Waals surface area contributed by atoms with Crippen molar-refractivity contribution in [1.82, 2.24) is 0 Å². The Morgan fingerprint density at radius 2 is 1.55 bits per heavy atom. The molecule has 0 spiro atoms. The van der Waals surface area contributed by atoms with Crippen LogP contribution in [-0.4, -0.2) is 27.1 Å². The Kier molecular flexibility index (Phi) is 6.97. The van der Waals surface area contributed by atoms with E-state index in [1.54, 1.807) is 36.4 Å². The summed E-state index contributed by atoms with van der Waals surface area (Å²) in [6.07, 6.45) is 1.87. The van der Waals surface area contributed by atoms with Crippen LogP contribution in [0.25, 0.3) is 0 Å². The lowest BCUT2D eigenvalue weighted by Gasteiger charge is -2.24. The van der Waals surface area contributed by atoms with Gasteiger partial charge in [0.1, 0.15) is 23.9 Å². The number of sulfonamides is 1. The highest BCUT2D eigenvalue weighted by Gasteiger charge is 2.28. The summed E-state index contributed by atoms with van der Waals surface area (Å²) in [6, 6.07) is 16.0. The lowest BCUT2D eigenvalue weighted by atomic mass is 10.2. The second-order valence-electron chi connectivity index (χ2n) is 6.67. The van der Waals surface area contributed by atoms with Crippen LogP contribution in [0.2, 0.25) is 0 Å². The van der Waals surface area contributed by atoms with Gasteiger partial charge in [-0.25, -0.2) is 17.2 Å². The monoisotopic (exact) mass is 462 g/mol. The highest BCUT2D eigenvalue weighted by Crippen LogP contribution is 2.26. The van der Waals surface area contributed by atoms with E-state index in [4.69, 9.17) is 0 Å². The number of para-hydroxylation sites is 1. The second kappa shape index (κ2) is 9.49. The number of aryl methyl sites for hydroxylation is 1. The number of hydrogen-bond acceptors (Lipinski definition) is 4. The van der Waals surface area contributed by atoms with Crippen molar-refractivity contribution in [1.29, 1.82) is 0 Å². The number of carbonyl (C=O) groups excluding carboxylic acids is 1. The first-order valence-corrected chi connectivity index (χ1v) is 11.9. The van der Waals surface area contributed by atoms with Gasteiger partial charge in [-0.05, 0) is 61.7 Å². The summed E-state index contributed by atoms with van der Waals surface area (Å²) in [6.45, 7) is 1.18. The molecule has 0 fully saturated rings. The predicted octanol–water partition coefficient (Wildman–Crippen LogP) is 4.83. The molecule has 0 bridgehead atoms. The average Bonchev–Trinajstić information content (AvgIpc) is 2.75. The van der Waals surface area contributed by atoms with Gasteiger partial charge in [0.2, 0.25) is 5.91 Å². The fraction of sp³-hybridized carbons (Fsp3) is 0.136. The number of anilines is 2. The minimum Gasteiger partial charge on any atom is -0.320 e. The van der Waals surface area contributed by atoms with Gasteiger partial charge in [0.15, 0.2) is 0 Å². The van der Waals surface area contributed by atoms with E-state index in [0.717, 1.165) is 26.9 Å². The molecule has 0 aliphatic carbocycles. The second-order valence-corrected chi connectivity index (χ2v) is 9.41. The summed E-state index contributed by atoms with van der Waals surface area (Å²) in [5.74, 6) is -2.79. The Balaban J connectivity index is 1.96. The number of benzene rings is 3. The van der Waals surface area contributed by atoms with Crippen LogP contribution in [0.3, 0.4) is 0 Å². The van der Waals surface area contributed by atoms with E-state index in [9.17, 15) is 22.0 Å². The van der Waals surface area contributed by atoms with Crippen molar-refractivity contribution in [3.05, 3.63) is 83.9 Å². The Bertz CT molecular complexity index is 1160. The maximum Gasteiger partial charge on any atom is 0.264 e. The third-order valence-electron chi connectivity index (χ3n) is 4.48. The molecular formula is C22H20F2N2O3S2. The minimum atomic E-state index is -4.12. The molecule has 0 saturated heterocycles. The van der Waals surface area contributed by atoms with Crippen molar-refractivity contribution in [2.24, 2.45) is 0 Å². The van der Waals surface area contributed by atoms with E-state index in [0.29, 0.717) is 0 Å². The molecule has 0 aromatic heterocycles. The number of nitrogens with one attached hydrogen (secondary N) is 1. The quantitative estimate of drug-likeness (QED) is 0.511. The summed E-state index contributed by atoms with van der Waals surface area (Å²) in [7, 11) is -4.12. The number of rotatable bonds is 7. The molecule has 5 nitrogen and oxygen atoms in total. The topological polar surface area (TPSA) is 66.5 Å². The molecule has 3 aromatic carbocycles. The van der Waals surface area contributed by atoms with Crippen LogP contribution in [0.5, 0.6) is 0 Å². The van der Waals surface area contributed by atoms with Crippen molar-refractivity contribution in [2.45, 2.75) is 16.7 Å². The van der Waals surface area contributed by atoms with E-state index in [1.807, 2.05) is 13.2 Å². The molecule has 9 heteroatoms. The molecule has 0 heterocycles. The maximum absolute atomic E-state index is 13.9. The minimum absolute atomic E-state index is 0.00394. The first-order valence-electron chi connectivity index (χ1n) is 9.19. The molecule has 0 atom stereocenters. The van der Waals surface area contributed by atoms with Crippen LogP contribution >= 0.6 is 11.8 Å². The first-order chi connectivity index (χ1) is 14.7. The lowest BCUT2D eigenvalue weighted by molar-refractivity contribution is -0.114. The summed E-state index contributed by atoms with van der Waals surface area (Å²) >= 11 is 1.47. The van der Waals surface area contributed by atoms with Gasteiger partial charge in [-0.3, -0.25) is 9.10 Å². The number of nitrogens with zero attached hydrogens (tertiary/aromatic N) is 1. The van der Waals surface area contributed by atoms with E-state index >= 15 is 0 Å². The zero-order chi connectivity index (χ0) is 22.6. The van der Waals surface area contributed by atoms with Crippen molar-refractivity contribution in [2.75, 3.05) is 22.4 Å². The van der Waals surface area contributed by atoms with Crippen LogP contribution in [0.15, 0.2) is 76.5 Å². The van der Waals surface area contributed by atoms with Crippen LogP contribution in [-0.2, 0) is 14.8 Å². The standard InChI is InChI=1S/C22H20F2N2O3S2/c1-15-6-8-16(9-7-15)26(31(28,29)18-12-10-17(30-2)11-13-18)14-21(27)25-22-19(23)4-3-5-20(22)24/h3-13H,14H2,1-2H3,(H,25,27). The van der Waals surface area contributed by atoms with Crippen LogP contribution in [0.4, 0.5) is 20.2 Å². The van der Waals surface area contributed by atoms with Gasteiger partial charge in [-0.2, -0.15) is 0 Å². The van der Waals surface area contributed by atoms with Gasteiger partial charge in [0.05, 0.1) is 10.6 Å². The van der Waals surface area contributed by atoms with Crippen LogP contribution in [0.1, 0.15) is 5.56 Å². The van der Waals surface area contributed by atoms with Gasteiger partial charge in [-0.15, -0.1) is 11.8 Å². The molecule has 0 unspecified atom stereocenters. The van der Waals surface area contributed by atoms with Crippen molar-refractivity contribution >= 4 is 39.1 Å². The molecule has 0 aliphatic rings. The third-order valence-corrected chi connectivity index (χ3v) is 7.02. The number of amides is 1. The average molecular weight is 463 g/mol. The van der Waals surface area contributed by atoms with Crippen LogP contribution in [0, 0.1) is 18.6 Å². The SMILES string of the molecule is CSc1ccc(S(=O)(=O)N(CC(=O)Nc2c(F)cccc2F)c2ccc(C)cc2)cc1. The van der Waals surface area contributed by atoms with Crippen molar-refractivity contribution in [3.63, 3.8) is 0 Å². The highest BCUT2D eigenvalue weighted by atomic mass is 32.2. The summed E-state index contributed by atoms with van der Waals surface area (Å²) in [4.78, 5) is 13.5. The van der Waals surface area contributed by atoms with Crippen molar-refractivity contribution < 1.29 is 22.0 Å². The number of thioether (sulfide) groups is 1. The van der Waals surface area contributed by atoms with Gasteiger partial charge in [0, 0.05) is 4.90 Å². The molecular weight excluding hydrogens is 442 g/mol. The Labute approximate surface area is 184 Å².